The van der Waals surface area contributed by atoms with Crippen molar-refractivity contribution >= 4 is 0 Å². The standard InChI is InChI=1S/C15H25NO3/c1-4-10-16-11-13-8-7-9-14(18-6-3)15(13)19-12-17-5-2/h7-9,16H,4-6,10-12H2,1-3H3. The molecule has 1 aromatic carbocycles. The molecule has 0 saturated heterocycles. The van der Waals surface area contributed by atoms with Crippen LogP contribution in [-0.4, -0.2) is 26.6 Å². The lowest BCUT2D eigenvalue weighted by atomic mass is 10.2. The number of hydrogen-bond donors (Lipinski definition) is 1. The number of nitrogens with one attached hydrogen (secondary N) is 1. The molecule has 0 spiro atoms. The summed E-state index contributed by atoms with van der Waals surface area (Å²) in [5, 5.41) is 3.38. The molecular weight excluding hydrogens is 242 g/mol. The summed E-state index contributed by atoms with van der Waals surface area (Å²) in [6.45, 7) is 9.34. The lowest BCUT2D eigenvalue weighted by Gasteiger charge is -2.16. The number of benzene rings is 1. The van der Waals surface area contributed by atoms with Crippen LogP contribution in [0.15, 0.2) is 18.2 Å². The predicted molar refractivity (Wildman–Crippen MR) is 76.7 cm³/mol. The van der Waals surface area contributed by atoms with Crippen LogP contribution in [0.3, 0.4) is 0 Å². The highest BCUT2D eigenvalue weighted by Gasteiger charge is 2.10. The summed E-state index contributed by atoms with van der Waals surface area (Å²) in [4.78, 5) is 0. The Labute approximate surface area is 116 Å². The molecule has 0 atom stereocenters. The van der Waals surface area contributed by atoms with Gasteiger partial charge in [-0.1, -0.05) is 19.1 Å². The second-order valence-electron chi connectivity index (χ2n) is 4.11. The maximum Gasteiger partial charge on any atom is 0.189 e. The van der Waals surface area contributed by atoms with Crippen molar-refractivity contribution in [1.29, 1.82) is 0 Å². The number of para-hydroxylation sites is 1. The molecule has 0 aliphatic carbocycles. The molecule has 4 nitrogen and oxygen atoms in total. The third kappa shape index (κ3) is 5.49. The van der Waals surface area contributed by atoms with Crippen LogP contribution in [0, 0.1) is 0 Å². The first-order chi connectivity index (χ1) is 9.33. The largest absolute Gasteiger partial charge is 0.490 e. The SMILES string of the molecule is CCCNCc1cccc(OCC)c1OCOCC. The fourth-order valence-corrected chi connectivity index (χ4v) is 1.72. The van der Waals surface area contributed by atoms with E-state index >= 15 is 0 Å². The van der Waals surface area contributed by atoms with Crippen LogP contribution in [0.5, 0.6) is 11.5 Å². The van der Waals surface area contributed by atoms with Gasteiger partial charge in [0.15, 0.2) is 18.3 Å². The molecule has 1 aromatic rings. The maximum atomic E-state index is 5.70. The highest BCUT2D eigenvalue weighted by molar-refractivity contribution is 5.46. The molecular formula is C15H25NO3. The zero-order valence-electron chi connectivity index (χ0n) is 12.2. The molecule has 0 aliphatic heterocycles. The van der Waals surface area contributed by atoms with Gasteiger partial charge in [-0.3, -0.25) is 0 Å². The van der Waals surface area contributed by atoms with E-state index in [2.05, 4.69) is 12.2 Å². The lowest BCUT2D eigenvalue weighted by Crippen LogP contribution is -2.15. The fourth-order valence-electron chi connectivity index (χ4n) is 1.72. The van der Waals surface area contributed by atoms with Gasteiger partial charge in [0.05, 0.1) is 6.61 Å². The van der Waals surface area contributed by atoms with E-state index in [1.165, 1.54) is 0 Å². The maximum absolute atomic E-state index is 5.70. The first-order valence-electron chi connectivity index (χ1n) is 6.99. The van der Waals surface area contributed by atoms with Crippen LogP contribution >= 0.6 is 0 Å². The van der Waals surface area contributed by atoms with Crippen LogP contribution in [0.4, 0.5) is 0 Å². The Kier molecular flexibility index (Phi) is 8.02. The van der Waals surface area contributed by atoms with Crippen molar-refractivity contribution < 1.29 is 14.2 Å². The van der Waals surface area contributed by atoms with Crippen molar-refractivity contribution in [1.82, 2.24) is 5.32 Å². The molecule has 19 heavy (non-hydrogen) atoms. The third-order valence-electron chi connectivity index (χ3n) is 2.59. The molecule has 4 heteroatoms. The molecule has 0 bridgehead atoms. The predicted octanol–water partition coefficient (Wildman–Crippen LogP) is 2.96. The number of hydrogen-bond acceptors (Lipinski definition) is 4. The van der Waals surface area contributed by atoms with Gasteiger partial charge in [0, 0.05) is 18.7 Å². The molecule has 0 radical (unpaired) electrons. The van der Waals surface area contributed by atoms with Gasteiger partial charge in [0.25, 0.3) is 0 Å². The second kappa shape index (κ2) is 9.64. The summed E-state index contributed by atoms with van der Waals surface area (Å²) in [6, 6.07) is 5.96. The van der Waals surface area contributed by atoms with Crippen molar-refractivity contribution in [3.63, 3.8) is 0 Å². The van der Waals surface area contributed by atoms with Gasteiger partial charge < -0.3 is 19.5 Å². The minimum absolute atomic E-state index is 0.251. The average Bonchev–Trinajstić information content (AvgIpc) is 2.42. The zero-order valence-corrected chi connectivity index (χ0v) is 12.2. The van der Waals surface area contributed by atoms with Crippen LogP contribution in [0.2, 0.25) is 0 Å². The lowest BCUT2D eigenvalue weighted by molar-refractivity contribution is 0.0199. The van der Waals surface area contributed by atoms with Crippen LogP contribution in [0.25, 0.3) is 0 Å². The Morgan fingerprint density at radius 2 is 1.89 bits per heavy atom. The molecule has 0 aromatic heterocycles. The minimum Gasteiger partial charge on any atom is -0.490 e. The van der Waals surface area contributed by atoms with E-state index < -0.39 is 0 Å². The van der Waals surface area contributed by atoms with Crippen molar-refractivity contribution in [3.8, 4) is 11.5 Å². The van der Waals surface area contributed by atoms with Gasteiger partial charge in [0.2, 0.25) is 0 Å². The highest BCUT2D eigenvalue weighted by Crippen LogP contribution is 2.31. The summed E-state index contributed by atoms with van der Waals surface area (Å²) >= 11 is 0. The summed E-state index contributed by atoms with van der Waals surface area (Å²) in [6.07, 6.45) is 1.11. The fraction of sp³-hybridized carbons (Fsp3) is 0.600. The normalized spacial score (nSPS) is 10.5. The molecule has 1 N–H and O–H groups in total. The quantitative estimate of drug-likeness (QED) is 0.522. The first kappa shape index (κ1) is 15.8. The van der Waals surface area contributed by atoms with E-state index in [1.807, 2.05) is 32.0 Å². The summed E-state index contributed by atoms with van der Waals surface area (Å²) in [7, 11) is 0. The molecule has 0 fully saturated rings. The topological polar surface area (TPSA) is 39.7 Å². The Bertz CT molecular complexity index is 355. The van der Waals surface area contributed by atoms with Gasteiger partial charge in [-0.25, -0.2) is 0 Å². The van der Waals surface area contributed by atoms with E-state index in [-0.39, 0.29) is 6.79 Å². The van der Waals surface area contributed by atoms with Gasteiger partial charge in [-0.05, 0) is 32.9 Å². The summed E-state index contributed by atoms with van der Waals surface area (Å²) in [5.74, 6) is 1.56. The number of rotatable bonds is 10. The average molecular weight is 267 g/mol. The van der Waals surface area contributed by atoms with Crippen LogP contribution in [0.1, 0.15) is 32.8 Å². The van der Waals surface area contributed by atoms with Gasteiger partial charge in [-0.2, -0.15) is 0 Å². The Balaban J connectivity index is 2.77. The van der Waals surface area contributed by atoms with Gasteiger partial charge >= 0.3 is 0 Å². The van der Waals surface area contributed by atoms with E-state index in [0.717, 1.165) is 36.6 Å². The monoisotopic (exact) mass is 267 g/mol. The third-order valence-corrected chi connectivity index (χ3v) is 2.59. The molecule has 108 valence electrons. The van der Waals surface area contributed by atoms with Crippen LogP contribution in [-0.2, 0) is 11.3 Å². The van der Waals surface area contributed by atoms with E-state index in [1.54, 1.807) is 0 Å². The highest BCUT2D eigenvalue weighted by atomic mass is 16.7. The zero-order chi connectivity index (χ0) is 13.9. The molecule has 0 amide bonds. The van der Waals surface area contributed by atoms with Crippen molar-refractivity contribution in [2.24, 2.45) is 0 Å². The number of ether oxygens (including phenoxy) is 3. The molecule has 0 aliphatic rings. The molecule has 0 unspecified atom stereocenters. The van der Waals surface area contributed by atoms with Crippen molar-refractivity contribution in [2.75, 3.05) is 26.6 Å². The van der Waals surface area contributed by atoms with Crippen molar-refractivity contribution in [3.05, 3.63) is 23.8 Å². The Morgan fingerprint density at radius 3 is 2.58 bits per heavy atom. The van der Waals surface area contributed by atoms with E-state index in [4.69, 9.17) is 14.2 Å². The van der Waals surface area contributed by atoms with Crippen molar-refractivity contribution in [2.45, 2.75) is 33.7 Å². The first-order valence-corrected chi connectivity index (χ1v) is 6.99. The Hall–Kier alpha value is -1.26. The molecule has 0 saturated carbocycles. The molecule has 1 rings (SSSR count). The minimum atomic E-state index is 0.251. The Morgan fingerprint density at radius 1 is 1.05 bits per heavy atom. The van der Waals surface area contributed by atoms with Crippen LogP contribution < -0.4 is 14.8 Å². The van der Waals surface area contributed by atoms with Gasteiger partial charge in [0.1, 0.15) is 0 Å². The second-order valence-corrected chi connectivity index (χ2v) is 4.11. The summed E-state index contributed by atoms with van der Waals surface area (Å²) < 4.78 is 16.6. The van der Waals surface area contributed by atoms with Gasteiger partial charge in [-0.15, -0.1) is 0 Å². The van der Waals surface area contributed by atoms with E-state index in [9.17, 15) is 0 Å². The molecule has 0 heterocycles. The smallest absolute Gasteiger partial charge is 0.189 e. The summed E-state index contributed by atoms with van der Waals surface area (Å²) in [5.41, 5.74) is 1.10. The van der Waals surface area contributed by atoms with E-state index in [0.29, 0.717) is 13.2 Å².